The minimum absolute atomic E-state index is 0.0837. The molecule has 0 aliphatic rings. The fourth-order valence-electron chi connectivity index (χ4n) is 2.04. The van der Waals surface area contributed by atoms with Crippen molar-refractivity contribution in [3.63, 3.8) is 0 Å². The normalized spacial score (nSPS) is 11.5. The van der Waals surface area contributed by atoms with Crippen LogP contribution in [-0.2, 0) is 28.7 Å². The highest BCUT2D eigenvalue weighted by Gasteiger charge is 2.04. The molecule has 112 valence electrons. The van der Waals surface area contributed by atoms with Crippen LogP contribution in [0.15, 0.2) is 48.5 Å². The second-order valence-corrected chi connectivity index (χ2v) is 7.63. The molecule has 0 fully saturated rings. The summed E-state index contributed by atoms with van der Waals surface area (Å²) in [7, 11) is -2.98. The molecule has 1 N–H and O–H groups in total. The van der Waals surface area contributed by atoms with Gasteiger partial charge < -0.3 is 5.32 Å². The third-order valence-corrected chi connectivity index (χ3v) is 4.28. The monoisotopic (exact) mass is 323 g/mol. The molecule has 0 amide bonds. The van der Waals surface area contributed by atoms with Gasteiger partial charge in [-0.15, -0.1) is 0 Å². The van der Waals surface area contributed by atoms with E-state index in [2.05, 4.69) is 5.32 Å². The Kier molecular flexibility index (Phi) is 5.39. The number of rotatable bonds is 6. The summed E-state index contributed by atoms with van der Waals surface area (Å²) in [6, 6.07) is 15.3. The molecule has 0 atom stereocenters. The summed E-state index contributed by atoms with van der Waals surface area (Å²) in [6.45, 7) is 1.41. The average molecular weight is 324 g/mol. The molecule has 21 heavy (non-hydrogen) atoms. The lowest BCUT2D eigenvalue weighted by molar-refractivity contribution is 0.601. The number of halogens is 1. The number of hydrogen-bond donors (Lipinski definition) is 1. The van der Waals surface area contributed by atoms with E-state index in [0.29, 0.717) is 13.1 Å². The van der Waals surface area contributed by atoms with Gasteiger partial charge in [0.2, 0.25) is 0 Å². The summed E-state index contributed by atoms with van der Waals surface area (Å²) < 4.78 is 22.4. The first kappa shape index (κ1) is 16.0. The van der Waals surface area contributed by atoms with E-state index in [0.717, 1.165) is 21.7 Å². The second-order valence-electron chi connectivity index (χ2n) is 5.08. The molecule has 0 heterocycles. The van der Waals surface area contributed by atoms with Crippen LogP contribution < -0.4 is 5.32 Å². The van der Waals surface area contributed by atoms with Gasteiger partial charge >= 0.3 is 0 Å². The zero-order valence-corrected chi connectivity index (χ0v) is 13.4. The Balaban J connectivity index is 1.88. The van der Waals surface area contributed by atoms with E-state index >= 15 is 0 Å². The predicted octanol–water partition coefficient (Wildman–Crippen LogP) is 3.17. The van der Waals surface area contributed by atoms with E-state index in [-0.39, 0.29) is 5.75 Å². The Morgan fingerprint density at radius 1 is 0.952 bits per heavy atom. The average Bonchev–Trinajstić information content (AvgIpc) is 2.41. The second kappa shape index (κ2) is 7.07. The van der Waals surface area contributed by atoms with Crippen molar-refractivity contribution in [2.75, 3.05) is 6.26 Å². The maximum absolute atomic E-state index is 11.2. The van der Waals surface area contributed by atoms with Crippen LogP contribution in [-0.4, -0.2) is 14.7 Å². The molecule has 0 spiro atoms. The van der Waals surface area contributed by atoms with Gasteiger partial charge in [0.05, 0.1) is 5.75 Å². The molecule has 0 unspecified atom stereocenters. The first-order valence-electron chi connectivity index (χ1n) is 6.64. The quantitative estimate of drug-likeness (QED) is 0.888. The van der Waals surface area contributed by atoms with Gasteiger partial charge in [0.15, 0.2) is 9.84 Å². The largest absolute Gasteiger partial charge is 0.309 e. The van der Waals surface area contributed by atoms with Crippen molar-refractivity contribution in [1.29, 1.82) is 0 Å². The highest BCUT2D eigenvalue weighted by atomic mass is 35.5. The molecule has 0 aliphatic carbocycles. The number of hydrogen-bond acceptors (Lipinski definition) is 3. The lowest BCUT2D eigenvalue weighted by Gasteiger charge is -2.07. The zero-order valence-electron chi connectivity index (χ0n) is 11.8. The molecule has 2 aromatic rings. The highest BCUT2D eigenvalue weighted by molar-refractivity contribution is 7.89. The van der Waals surface area contributed by atoms with E-state index in [1.54, 1.807) is 0 Å². The van der Waals surface area contributed by atoms with Gasteiger partial charge in [0.25, 0.3) is 0 Å². The van der Waals surface area contributed by atoms with Crippen molar-refractivity contribution in [2.45, 2.75) is 18.8 Å². The Labute approximate surface area is 130 Å². The first-order chi connectivity index (χ1) is 9.94. The van der Waals surface area contributed by atoms with Gasteiger partial charge in [-0.2, -0.15) is 0 Å². The molecule has 0 saturated carbocycles. The molecule has 0 aliphatic heterocycles. The topological polar surface area (TPSA) is 46.2 Å². The van der Waals surface area contributed by atoms with Gasteiger partial charge in [-0.3, -0.25) is 0 Å². The summed E-state index contributed by atoms with van der Waals surface area (Å²) in [5.74, 6) is 0.0837. The molecular formula is C16H18ClNO2S. The van der Waals surface area contributed by atoms with Crippen LogP contribution in [0.1, 0.15) is 16.7 Å². The fraction of sp³-hybridized carbons (Fsp3) is 0.250. The van der Waals surface area contributed by atoms with Crippen molar-refractivity contribution in [1.82, 2.24) is 5.32 Å². The molecule has 3 nitrogen and oxygen atoms in total. The Hall–Kier alpha value is -1.36. The van der Waals surface area contributed by atoms with E-state index in [9.17, 15) is 8.42 Å². The van der Waals surface area contributed by atoms with Crippen molar-refractivity contribution in [3.05, 3.63) is 70.2 Å². The van der Waals surface area contributed by atoms with Crippen LogP contribution in [0.25, 0.3) is 0 Å². The predicted molar refractivity (Wildman–Crippen MR) is 87.0 cm³/mol. The van der Waals surface area contributed by atoms with E-state index in [4.69, 9.17) is 11.6 Å². The standard InChI is InChI=1S/C16H18ClNO2S/c1-21(19,20)12-14-8-6-13(7-9-14)10-18-11-15-4-2-3-5-16(15)17/h2-9,18H,10-12H2,1H3. The zero-order chi connectivity index (χ0) is 15.3. The van der Waals surface area contributed by atoms with E-state index in [1.807, 2.05) is 48.5 Å². The molecule has 0 radical (unpaired) electrons. The third kappa shape index (κ3) is 5.50. The molecular weight excluding hydrogens is 306 g/mol. The molecule has 2 aromatic carbocycles. The van der Waals surface area contributed by atoms with Crippen LogP contribution in [0.5, 0.6) is 0 Å². The summed E-state index contributed by atoms with van der Waals surface area (Å²) in [5.41, 5.74) is 2.99. The molecule has 5 heteroatoms. The number of benzene rings is 2. The van der Waals surface area contributed by atoms with Gasteiger partial charge in [0.1, 0.15) is 0 Å². The highest BCUT2D eigenvalue weighted by Crippen LogP contribution is 2.14. The molecule has 0 bridgehead atoms. The van der Waals surface area contributed by atoms with E-state index < -0.39 is 9.84 Å². The third-order valence-electron chi connectivity index (χ3n) is 3.05. The van der Waals surface area contributed by atoms with Crippen molar-refractivity contribution < 1.29 is 8.42 Å². The number of nitrogens with one attached hydrogen (secondary N) is 1. The van der Waals surface area contributed by atoms with E-state index in [1.165, 1.54) is 6.26 Å². The number of sulfone groups is 1. The summed E-state index contributed by atoms with van der Waals surface area (Å²) >= 11 is 6.09. The summed E-state index contributed by atoms with van der Waals surface area (Å²) in [6.07, 6.45) is 1.24. The lowest BCUT2D eigenvalue weighted by Crippen LogP contribution is -2.13. The van der Waals surface area contributed by atoms with Crippen LogP contribution in [0.4, 0.5) is 0 Å². The Morgan fingerprint density at radius 2 is 1.57 bits per heavy atom. The first-order valence-corrected chi connectivity index (χ1v) is 9.07. The molecule has 0 aromatic heterocycles. The summed E-state index contributed by atoms with van der Waals surface area (Å²) in [5, 5.41) is 4.08. The van der Waals surface area contributed by atoms with Crippen molar-refractivity contribution in [2.24, 2.45) is 0 Å². The van der Waals surface area contributed by atoms with Crippen LogP contribution in [0.2, 0.25) is 5.02 Å². The Morgan fingerprint density at radius 3 is 2.19 bits per heavy atom. The molecule has 2 rings (SSSR count). The smallest absolute Gasteiger partial charge is 0.151 e. The minimum atomic E-state index is -2.98. The lowest BCUT2D eigenvalue weighted by atomic mass is 10.1. The van der Waals surface area contributed by atoms with Gasteiger partial charge in [0, 0.05) is 24.4 Å². The maximum atomic E-state index is 11.2. The van der Waals surface area contributed by atoms with Gasteiger partial charge in [-0.1, -0.05) is 54.1 Å². The molecule has 0 saturated heterocycles. The van der Waals surface area contributed by atoms with Gasteiger partial charge in [-0.05, 0) is 22.8 Å². The Bertz CT molecular complexity index is 696. The van der Waals surface area contributed by atoms with Gasteiger partial charge in [-0.25, -0.2) is 8.42 Å². The maximum Gasteiger partial charge on any atom is 0.151 e. The minimum Gasteiger partial charge on any atom is -0.309 e. The SMILES string of the molecule is CS(=O)(=O)Cc1ccc(CNCc2ccccc2Cl)cc1. The van der Waals surface area contributed by atoms with Crippen LogP contribution >= 0.6 is 11.6 Å². The van der Waals surface area contributed by atoms with Crippen LogP contribution in [0, 0.1) is 0 Å². The van der Waals surface area contributed by atoms with Crippen molar-refractivity contribution in [3.8, 4) is 0 Å². The fourth-order valence-corrected chi connectivity index (χ4v) is 3.04. The van der Waals surface area contributed by atoms with Crippen molar-refractivity contribution >= 4 is 21.4 Å². The van der Waals surface area contributed by atoms with Crippen LogP contribution in [0.3, 0.4) is 0 Å². The summed E-state index contributed by atoms with van der Waals surface area (Å²) in [4.78, 5) is 0.